The molecule has 0 aliphatic rings. The summed E-state index contributed by atoms with van der Waals surface area (Å²) in [7, 11) is 0. The van der Waals surface area contributed by atoms with Crippen LogP contribution in [0.25, 0.3) is 0 Å². The molecule has 0 aliphatic carbocycles. The zero-order chi connectivity index (χ0) is 7.44. The molecular formula is C5H5BrO3. The van der Waals surface area contributed by atoms with Crippen LogP contribution >= 0.6 is 15.9 Å². The molecule has 0 heterocycles. The number of rotatable bonds is 2. The maximum Gasteiger partial charge on any atom is 0.331 e. The number of halogens is 1. The first kappa shape index (κ1) is 8.36. The third-order valence-electron chi connectivity index (χ3n) is 0.667. The van der Waals surface area contributed by atoms with E-state index in [1.165, 1.54) is 6.92 Å². The van der Waals surface area contributed by atoms with Crippen molar-refractivity contribution in [2.45, 2.75) is 6.92 Å². The molecule has 4 heteroatoms. The first-order valence-corrected chi connectivity index (χ1v) is 2.94. The Kier molecular flexibility index (Phi) is 3.16. The average molecular weight is 193 g/mol. The van der Waals surface area contributed by atoms with Crippen molar-refractivity contribution < 1.29 is 14.7 Å². The molecule has 0 rings (SSSR count). The molecule has 0 aliphatic heterocycles. The molecule has 50 valence electrons. The molecular weight excluding hydrogens is 188 g/mol. The first-order chi connectivity index (χ1) is 4.04. The second-order valence-corrected chi connectivity index (χ2v) is 2.22. The SMILES string of the molecule is C/C(=C/C(=O)Br)C(=O)O. The minimum atomic E-state index is -1.08. The predicted octanol–water partition coefficient (Wildman–Crippen LogP) is 0.939. The summed E-state index contributed by atoms with van der Waals surface area (Å²) < 4.78 is -0.428. The van der Waals surface area contributed by atoms with Crippen molar-refractivity contribution in [3.05, 3.63) is 11.6 Å². The van der Waals surface area contributed by atoms with Crippen molar-refractivity contribution in [1.29, 1.82) is 0 Å². The van der Waals surface area contributed by atoms with Crippen LogP contribution in [-0.2, 0) is 9.59 Å². The number of carbonyl (C=O) groups is 2. The summed E-state index contributed by atoms with van der Waals surface area (Å²) in [6, 6.07) is 0. The molecule has 0 aromatic carbocycles. The van der Waals surface area contributed by atoms with E-state index in [1.54, 1.807) is 0 Å². The molecule has 0 atom stereocenters. The number of carbonyl (C=O) groups excluding carboxylic acids is 1. The average Bonchev–Trinajstić information content (AvgIpc) is 1.63. The van der Waals surface area contributed by atoms with Crippen LogP contribution in [0.3, 0.4) is 0 Å². The van der Waals surface area contributed by atoms with Gasteiger partial charge >= 0.3 is 5.97 Å². The summed E-state index contributed by atoms with van der Waals surface area (Å²) in [6.45, 7) is 1.35. The van der Waals surface area contributed by atoms with Gasteiger partial charge in [0.2, 0.25) is 4.69 Å². The second kappa shape index (κ2) is 3.40. The van der Waals surface area contributed by atoms with Gasteiger partial charge in [-0.3, -0.25) is 4.79 Å². The van der Waals surface area contributed by atoms with Crippen molar-refractivity contribution in [1.82, 2.24) is 0 Å². The number of carboxylic acid groups (broad SMARTS) is 1. The van der Waals surface area contributed by atoms with Crippen molar-refractivity contribution in [3.63, 3.8) is 0 Å². The predicted molar refractivity (Wildman–Crippen MR) is 35.3 cm³/mol. The van der Waals surface area contributed by atoms with E-state index in [0.29, 0.717) is 0 Å². The summed E-state index contributed by atoms with van der Waals surface area (Å²) in [5, 5.41) is 8.19. The van der Waals surface area contributed by atoms with Crippen molar-refractivity contribution >= 4 is 26.6 Å². The molecule has 0 aromatic heterocycles. The third-order valence-corrected chi connectivity index (χ3v) is 0.896. The zero-order valence-corrected chi connectivity index (χ0v) is 6.31. The topological polar surface area (TPSA) is 54.4 Å². The minimum absolute atomic E-state index is 0.0249. The lowest BCUT2D eigenvalue weighted by molar-refractivity contribution is -0.132. The van der Waals surface area contributed by atoms with Crippen LogP contribution in [0, 0.1) is 0 Å². The van der Waals surface area contributed by atoms with Gasteiger partial charge in [-0.05, 0) is 22.9 Å². The van der Waals surface area contributed by atoms with Gasteiger partial charge in [0.15, 0.2) is 0 Å². The molecule has 0 saturated heterocycles. The van der Waals surface area contributed by atoms with E-state index in [-0.39, 0.29) is 5.57 Å². The van der Waals surface area contributed by atoms with Crippen LogP contribution in [0.1, 0.15) is 6.92 Å². The lowest BCUT2D eigenvalue weighted by Crippen LogP contribution is -1.97. The van der Waals surface area contributed by atoms with Crippen LogP contribution in [0.5, 0.6) is 0 Å². The Morgan fingerprint density at radius 2 is 2.00 bits per heavy atom. The van der Waals surface area contributed by atoms with Crippen LogP contribution < -0.4 is 0 Å². The summed E-state index contributed by atoms with van der Waals surface area (Å²) >= 11 is 2.56. The molecule has 0 aromatic rings. The molecule has 0 saturated carbocycles. The fraction of sp³-hybridized carbons (Fsp3) is 0.200. The summed E-state index contributed by atoms with van der Waals surface area (Å²) in [6.07, 6.45) is 1.00. The highest BCUT2D eigenvalue weighted by Crippen LogP contribution is 1.95. The highest BCUT2D eigenvalue weighted by Gasteiger charge is 1.99. The Morgan fingerprint density at radius 3 is 2.11 bits per heavy atom. The quantitative estimate of drug-likeness (QED) is 0.524. The van der Waals surface area contributed by atoms with Gasteiger partial charge in [-0.2, -0.15) is 0 Å². The molecule has 0 unspecified atom stereocenters. The van der Waals surface area contributed by atoms with E-state index in [0.717, 1.165) is 6.08 Å². The Bertz CT molecular complexity index is 171. The van der Waals surface area contributed by atoms with E-state index < -0.39 is 10.7 Å². The summed E-state index contributed by atoms with van der Waals surface area (Å²) in [5.74, 6) is -1.08. The molecule has 0 radical (unpaired) electrons. The zero-order valence-electron chi connectivity index (χ0n) is 4.72. The fourth-order valence-corrected chi connectivity index (χ4v) is 0.575. The number of aliphatic carboxylic acids is 1. The van der Waals surface area contributed by atoms with Gasteiger partial charge < -0.3 is 5.11 Å². The summed E-state index contributed by atoms with van der Waals surface area (Å²) in [4.78, 5) is 20.1. The number of hydrogen-bond donors (Lipinski definition) is 1. The van der Waals surface area contributed by atoms with Crippen molar-refractivity contribution in [2.75, 3.05) is 0 Å². The Balaban J connectivity index is 4.17. The smallest absolute Gasteiger partial charge is 0.331 e. The third kappa shape index (κ3) is 3.90. The summed E-state index contributed by atoms with van der Waals surface area (Å²) in [5.41, 5.74) is 0.0249. The van der Waals surface area contributed by atoms with E-state index in [9.17, 15) is 9.59 Å². The Hall–Kier alpha value is -0.640. The van der Waals surface area contributed by atoms with Gasteiger partial charge in [-0.1, -0.05) is 0 Å². The van der Waals surface area contributed by atoms with Gasteiger partial charge in [0.1, 0.15) is 0 Å². The number of carboxylic acids is 1. The normalized spacial score (nSPS) is 11.1. The maximum atomic E-state index is 10.1. The van der Waals surface area contributed by atoms with E-state index in [2.05, 4.69) is 15.9 Å². The Morgan fingerprint density at radius 1 is 1.56 bits per heavy atom. The van der Waals surface area contributed by atoms with Gasteiger partial charge in [0, 0.05) is 11.6 Å². The monoisotopic (exact) mass is 192 g/mol. The van der Waals surface area contributed by atoms with E-state index in [1.807, 2.05) is 0 Å². The van der Waals surface area contributed by atoms with Gasteiger partial charge in [-0.25, -0.2) is 4.79 Å². The lowest BCUT2D eigenvalue weighted by atomic mass is 10.3. The molecule has 0 spiro atoms. The fourth-order valence-electron chi connectivity index (χ4n) is 0.232. The maximum absolute atomic E-state index is 10.1. The molecule has 0 bridgehead atoms. The second-order valence-electron chi connectivity index (χ2n) is 1.44. The van der Waals surface area contributed by atoms with Crippen molar-refractivity contribution in [2.24, 2.45) is 0 Å². The van der Waals surface area contributed by atoms with Gasteiger partial charge in [-0.15, -0.1) is 0 Å². The van der Waals surface area contributed by atoms with E-state index >= 15 is 0 Å². The van der Waals surface area contributed by atoms with Crippen molar-refractivity contribution in [3.8, 4) is 0 Å². The largest absolute Gasteiger partial charge is 0.478 e. The molecule has 0 amide bonds. The van der Waals surface area contributed by atoms with Gasteiger partial charge in [0.25, 0.3) is 0 Å². The van der Waals surface area contributed by atoms with Crippen LogP contribution in [0.4, 0.5) is 0 Å². The van der Waals surface area contributed by atoms with Crippen LogP contribution in [0.15, 0.2) is 11.6 Å². The minimum Gasteiger partial charge on any atom is -0.478 e. The number of allylic oxidation sites excluding steroid dienone is 1. The van der Waals surface area contributed by atoms with Crippen LogP contribution in [-0.4, -0.2) is 15.8 Å². The molecule has 0 fully saturated rings. The first-order valence-electron chi connectivity index (χ1n) is 2.15. The molecule has 3 nitrogen and oxygen atoms in total. The Labute approximate surface area is 60.5 Å². The highest BCUT2D eigenvalue weighted by molar-refractivity contribution is 9.18. The molecule has 1 N–H and O–H groups in total. The van der Waals surface area contributed by atoms with Gasteiger partial charge in [0.05, 0.1) is 0 Å². The lowest BCUT2D eigenvalue weighted by Gasteiger charge is -1.86. The highest BCUT2D eigenvalue weighted by atomic mass is 79.9. The standard InChI is InChI=1S/C5H5BrO3/c1-3(5(8)9)2-4(6)7/h2H,1H3,(H,8,9)/b3-2-. The van der Waals surface area contributed by atoms with E-state index in [4.69, 9.17) is 5.11 Å². The van der Waals surface area contributed by atoms with Crippen LogP contribution in [0.2, 0.25) is 0 Å². The molecule has 9 heavy (non-hydrogen) atoms. The number of hydrogen-bond acceptors (Lipinski definition) is 2.